The lowest BCUT2D eigenvalue weighted by molar-refractivity contribution is -0.142. The highest BCUT2D eigenvalue weighted by atomic mass is 32.2. The first-order chi connectivity index (χ1) is 14.4. The average Bonchev–Trinajstić information content (AvgIpc) is 2.77. The Kier molecular flexibility index (Phi) is 6.81. The molecule has 3 aromatic carbocycles. The Morgan fingerprint density at radius 2 is 1.70 bits per heavy atom. The molecule has 3 rings (SSSR count). The molecule has 0 unspecified atom stereocenters. The van der Waals surface area contributed by atoms with Gasteiger partial charge in [-0.15, -0.1) is 0 Å². The summed E-state index contributed by atoms with van der Waals surface area (Å²) in [6.07, 6.45) is 0. The van der Waals surface area contributed by atoms with Crippen molar-refractivity contribution in [2.24, 2.45) is 0 Å². The van der Waals surface area contributed by atoms with Crippen LogP contribution in [0.4, 0.5) is 4.39 Å². The lowest BCUT2D eigenvalue weighted by Crippen LogP contribution is -2.34. The average molecular weight is 429 g/mol. The van der Waals surface area contributed by atoms with Crippen LogP contribution in [-0.2, 0) is 26.2 Å². The van der Waals surface area contributed by atoms with Crippen molar-refractivity contribution >= 4 is 16.0 Å². The Bertz CT molecular complexity index is 1100. The van der Waals surface area contributed by atoms with Crippen LogP contribution < -0.4 is 9.46 Å². The Morgan fingerprint density at radius 1 is 1.00 bits per heavy atom. The smallest absolute Gasteiger partial charge is 0.328 e. The molecule has 0 saturated heterocycles. The minimum Gasteiger partial charge on any atom is -0.489 e. The van der Waals surface area contributed by atoms with Gasteiger partial charge < -0.3 is 9.47 Å². The summed E-state index contributed by atoms with van der Waals surface area (Å²) < 4.78 is 51.2. The van der Waals surface area contributed by atoms with E-state index in [2.05, 4.69) is 4.72 Å². The minimum absolute atomic E-state index is 0.0302. The quantitative estimate of drug-likeness (QED) is 0.554. The number of halogens is 1. The van der Waals surface area contributed by atoms with Gasteiger partial charge in [-0.05, 0) is 47.5 Å². The SMILES string of the molecule is COC(=O)[C@H](NS(=O)(=O)c1ccccc1)c1cccc(OCc2ccc(F)cc2)c1. The number of ether oxygens (including phenoxy) is 2. The van der Waals surface area contributed by atoms with Crippen molar-refractivity contribution in [2.75, 3.05) is 7.11 Å². The van der Waals surface area contributed by atoms with Crippen molar-refractivity contribution in [3.05, 3.63) is 95.8 Å². The van der Waals surface area contributed by atoms with E-state index >= 15 is 0 Å². The fourth-order valence-electron chi connectivity index (χ4n) is 2.72. The number of carbonyl (C=O) groups is 1. The molecule has 0 fully saturated rings. The van der Waals surface area contributed by atoms with Crippen molar-refractivity contribution < 1.29 is 27.1 Å². The Labute approximate surface area is 174 Å². The number of benzene rings is 3. The molecule has 0 spiro atoms. The number of rotatable bonds is 8. The van der Waals surface area contributed by atoms with Gasteiger partial charge in [0.25, 0.3) is 0 Å². The topological polar surface area (TPSA) is 81.7 Å². The molecular formula is C22H20FNO5S. The largest absolute Gasteiger partial charge is 0.489 e. The summed E-state index contributed by atoms with van der Waals surface area (Å²) in [4.78, 5) is 12.3. The van der Waals surface area contributed by atoms with Gasteiger partial charge in [-0.25, -0.2) is 17.6 Å². The molecule has 6 nitrogen and oxygen atoms in total. The van der Waals surface area contributed by atoms with Gasteiger partial charge in [-0.2, -0.15) is 4.72 Å². The molecule has 156 valence electrons. The van der Waals surface area contributed by atoms with E-state index in [1.165, 1.54) is 31.4 Å². The Morgan fingerprint density at radius 3 is 2.37 bits per heavy atom. The molecule has 1 atom stereocenters. The third-order valence-electron chi connectivity index (χ3n) is 4.27. The van der Waals surface area contributed by atoms with Gasteiger partial charge in [0.1, 0.15) is 24.2 Å². The van der Waals surface area contributed by atoms with Crippen molar-refractivity contribution in [3.63, 3.8) is 0 Å². The first kappa shape index (κ1) is 21.5. The van der Waals surface area contributed by atoms with E-state index in [0.29, 0.717) is 11.3 Å². The molecule has 8 heteroatoms. The number of carbonyl (C=O) groups excluding carboxylic acids is 1. The molecule has 1 N–H and O–H groups in total. The first-order valence-corrected chi connectivity index (χ1v) is 10.5. The Hall–Kier alpha value is -3.23. The maximum absolute atomic E-state index is 13.0. The van der Waals surface area contributed by atoms with Crippen LogP contribution >= 0.6 is 0 Å². The first-order valence-electron chi connectivity index (χ1n) is 9.01. The molecule has 0 aliphatic heterocycles. The van der Waals surface area contributed by atoms with Gasteiger partial charge in [0.15, 0.2) is 0 Å². The molecule has 0 aliphatic rings. The molecule has 0 saturated carbocycles. The van der Waals surface area contributed by atoms with Crippen molar-refractivity contribution in [1.29, 1.82) is 0 Å². The van der Waals surface area contributed by atoms with Gasteiger partial charge in [0.05, 0.1) is 12.0 Å². The van der Waals surface area contributed by atoms with E-state index < -0.39 is 22.0 Å². The number of hydrogen-bond donors (Lipinski definition) is 1. The number of nitrogens with one attached hydrogen (secondary N) is 1. The monoisotopic (exact) mass is 429 g/mol. The number of sulfonamides is 1. The van der Waals surface area contributed by atoms with Crippen LogP contribution in [0.2, 0.25) is 0 Å². The van der Waals surface area contributed by atoms with E-state index in [1.807, 2.05) is 0 Å². The molecule has 0 aromatic heterocycles. The highest BCUT2D eigenvalue weighted by Gasteiger charge is 2.28. The molecule has 0 amide bonds. The second-order valence-corrected chi connectivity index (χ2v) is 8.09. The second kappa shape index (κ2) is 9.51. The fraction of sp³-hybridized carbons (Fsp3) is 0.136. The van der Waals surface area contributed by atoms with Gasteiger partial charge in [-0.1, -0.05) is 42.5 Å². The van der Waals surface area contributed by atoms with Crippen molar-refractivity contribution in [3.8, 4) is 5.75 Å². The van der Waals surface area contributed by atoms with Crippen molar-refractivity contribution in [2.45, 2.75) is 17.5 Å². The van der Waals surface area contributed by atoms with Crippen LogP contribution in [0.1, 0.15) is 17.2 Å². The molecular weight excluding hydrogens is 409 g/mol. The Balaban J connectivity index is 1.81. The van der Waals surface area contributed by atoms with Crippen LogP contribution in [0.25, 0.3) is 0 Å². The van der Waals surface area contributed by atoms with Gasteiger partial charge in [0, 0.05) is 0 Å². The summed E-state index contributed by atoms with van der Waals surface area (Å²) in [6.45, 7) is 0.183. The highest BCUT2D eigenvalue weighted by molar-refractivity contribution is 7.89. The highest BCUT2D eigenvalue weighted by Crippen LogP contribution is 2.23. The van der Waals surface area contributed by atoms with Crippen LogP contribution in [-0.4, -0.2) is 21.5 Å². The molecule has 0 bridgehead atoms. The summed E-state index contributed by atoms with van der Waals surface area (Å²) in [5.41, 5.74) is 1.12. The predicted octanol–water partition coefficient (Wildman–Crippen LogP) is 3.60. The zero-order valence-electron chi connectivity index (χ0n) is 16.1. The van der Waals surface area contributed by atoms with Crippen molar-refractivity contribution in [1.82, 2.24) is 4.72 Å². The summed E-state index contributed by atoms with van der Waals surface area (Å²) in [5.74, 6) is -0.679. The van der Waals surface area contributed by atoms with Gasteiger partial charge in [0.2, 0.25) is 10.0 Å². The summed E-state index contributed by atoms with van der Waals surface area (Å²) in [6, 6.07) is 18.8. The maximum Gasteiger partial charge on any atom is 0.328 e. The van der Waals surface area contributed by atoms with Crippen LogP contribution in [0.15, 0.2) is 83.8 Å². The van der Waals surface area contributed by atoms with E-state index in [9.17, 15) is 17.6 Å². The lowest BCUT2D eigenvalue weighted by atomic mass is 10.1. The number of esters is 1. The standard InChI is InChI=1S/C22H20FNO5S/c1-28-22(25)21(24-30(26,27)20-8-3-2-4-9-20)17-6-5-7-19(14-17)29-15-16-10-12-18(23)13-11-16/h2-14,21,24H,15H2,1H3/t21-/m1/s1. The molecule has 30 heavy (non-hydrogen) atoms. The van der Waals surface area contributed by atoms with E-state index in [0.717, 1.165) is 5.56 Å². The lowest BCUT2D eigenvalue weighted by Gasteiger charge is -2.18. The van der Waals surface area contributed by atoms with Crippen LogP contribution in [0, 0.1) is 5.82 Å². The van der Waals surface area contributed by atoms with E-state index in [4.69, 9.17) is 9.47 Å². The minimum atomic E-state index is -3.96. The summed E-state index contributed by atoms with van der Waals surface area (Å²) >= 11 is 0. The van der Waals surface area contributed by atoms with E-state index in [-0.39, 0.29) is 17.3 Å². The molecule has 0 radical (unpaired) electrons. The van der Waals surface area contributed by atoms with Crippen LogP contribution in [0.5, 0.6) is 5.75 Å². The van der Waals surface area contributed by atoms with E-state index in [1.54, 1.807) is 54.6 Å². The fourth-order valence-corrected chi connectivity index (χ4v) is 3.92. The number of methoxy groups -OCH3 is 1. The maximum atomic E-state index is 13.0. The molecule has 3 aromatic rings. The third kappa shape index (κ3) is 5.43. The van der Waals surface area contributed by atoms with Gasteiger partial charge >= 0.3 is 5.97 Å². The normalized spacial score (nSPS) is 12.2. The second-order valence-electron chi connectivity index (χ2n) is 6.38. The summed E-state index contributed by atoms with van der Waals surface area (Å²) in [7, 11) is -2.78. The zero-order chi connectivity index (χ0) is 21.6. The van der Waals surface area contributed by atoms with Crippen LogP contribution in [0.3, 0.4) is 0 Å². The third-order valence-corrected chi connectivity index (χ3v) is 5.71. The molecule has 0 aliphatic carbocycles. The number of hydrogen-bond acceptors (Lipinski definition) is 5. The zero-order valence-corrected chi connectivity index (χ0v) is 16.9. The molecule has 0 heterocycles. The predicted molar refractivity (Wildman–Crippen MR) is 109 cm³/mol. The van der Waals surface area contributed by atoms with Gasteiger partial charge in [-0.3, -0.25) is 0 Å². The summed E-state index contributed by atoms with van der Waals surface area (Å²) in [5, 5.41) is 0.